The molecule has 0 heterocycles. The van der Waals surface area contributed by atoms with E-state index in [0.29, 0.717) is 10.7 Å². The highest BCUT2D eigenvalue weighted by Crippen LogP contribution is 2.15. The van der Waals surface area contributed by atoms with Crippen LogP contribution >= 0.6 is 24.0 Å². The van der Waals surface area contributed by atoms with Crippen LogP contribution in [0.15, 0.2) is 24.3 Å². The molecule has 0 fully saturated rings. The van der Waals surface area contributed by atoms with Crippen molar-refractivity contribution in [3.8, 4) is 0 Å². The molecule has 0 saturated heterocycles. The van der Waals surface area contributed by atoms with Crippen molar-refractivity contribution in [1.29, 1.82) is 0 Å². The molecule has 0 saturated carbocycles. The Kier molecular flexibility index (Phi) is 5.08. The number of benzene rings is 1. The number of nitrogens with two attached hydrogens (primary N) is 1. The summed E-state index contributed by atoms with van der Waals surface area (Å²) in [6, 6.07) is 6.94. The van der Waals surface area contributed by atoms with Crippen molar-refractivity contribution in [3.05, 3.63) is 29.3 Å². The molecule has 0 aliphatic rings. The fourth-order valence-electron chi connectivity index (χ4n) is 0.858. The Morgan fingerprint density at radius 3 is 2.53 bits per heavy atom. The molecule has 0 aromatic heterocycles. The van der Waals surface area contributed by atoms with Crippen LogP contribution in [0.3, 0.4) is 0 Å². The number of nitrogens with one attached hydrogen (secondary N) is 1. The van der Waals surface area contributed by atoms with Gasteiger partial charge in [0.15, 0.2) is 0 Å². The predicted octanol–water partition coefficient (Wildman–Crippen LogP) is 2.44. The SMILES string of the molecule is CC(C)(N)C(=O)Nc1cccc(Cl)c1.Cl. The highest BCUT2D eigenvalue weighted by atomic mass is 35.5. The van der Waals surface area contributed by atoms with Gasteiger partial charge in [-0.05, 0) is 32.0 Å². The Balaban J connectivity index is 0.00000196. The summed E-state index contributed by atoms with van der Waals surface area (Å²) < 4.78 is 0. The van der Waals surface area contributed by atoms with Crippen molar-refractivity contribution < 1.29 is 4.79 Å². The first-order valence-electron chi connectivity index (χ1n) is 4.25. The third-order valence-corrected chi connectivity index (χ3v) is 1.90. The summed E-state index contributed by atoms with van der Waals surface area (Å²) in [6.07, 6.45) is 0. The third-order valence-electron chi connectivity index (χ3n) is 1.67. The van der Waals surface area contributed by atoms with Gasteiger partial charge in [0.1, 0.15) is 0 Å². The van der Waals surface area contributed by atoms with Crippen molar-refractivity contribution in [2.75, 3.05) is 5.32 Å². The molecule has 3 nitrogen and oxygen atoms in total. The van der Waals surface area contributed by atoms with E-state index in [1.807, 2.05) is 0 Å². The number of hydrogen-bond donors (Lipinski definition) is 2. The maximum atomic E-state index is 11.5. The summed E-state index contributed by atoms with van der Waals surface area (Å²) in [5.74, 6) is -0.236. The number of halogens is 2. The zero-order valence-corrected chi connectivity index (χ0v) is 10.2. The van der Waals surface area contributed by atoms with Gasteiger partial charge in [0, 0.05) is 10.7 Å². The van der Waals surface area contributed by atoms with Gasteiger partial charge < -0.3 is 11.1 Å². The number of hydrogen-bond acceptors (Lipinski definition) is 2. The van der Waals surface area contributed by atoms with Crippen LogP contribution in [0.5, 0.6) is 0 Å². The Labute approximate surface area is 100 Å². The minimum Gasteiger partial charge on any atom is -0.324 e. The molecule has 15 heavy (non-hydrogen) atoms. The summed E-state index contributed by atoms with van der Waals surface area (Å²) >= 11 is 5.76. The van der Waals surface area contributed by atoms with Crippen molar-refractivity contribution in [2.24, 2.45) is 5.73 Å². The van der Waals surface area contributed by atoms with Crippen LogP contribution in [0, 0.1) is 0 Å². The van der Waals surface area contributed by atoms with Gasteiger partial charge in [0.25, 0.3) is 0 Å². The maximum Gasteiger partial charge on any atom is 0.243 e. The molecule has 0 spiro atoms. The minimum absolute atomic E-state index is 0. The zero-order valence-electron chi connectivity index (χ0n) is 8.58. The lowest BCUT2D eigenvalue weighted by Crippen LogP contribution is -2.45. The summed E-state index contributed by atoms with van der Waals surface area (Å²) in [5.41, 5.74) is 5.39. The molecule has 0 radical (unpaired) electrons. The maximum absolute atomic E-state index is 11.5. The van der Waals surface area contributed by atoms with E-state index < -0.39 is 5.54 Å². The molecule has 1 aromatic carbocycles. The average molecular weight is 249 g/mol. The van der Waals surface area contributed by atoms with E-state index in [0.717, 1.165) is 0 Å². The monoisotopic (exact) mass is 248 g/mol. The fraction of sp³-hybridized carbons (Fsp3) is 0.300. The second kappa shape index (κ2) is 5.35. The quantitative estimate of drug-likeness (QED) is 0.845. The van der Waals surface area contributed by atoms with Gasteiger partial charge in [-0.25, -0.2) is 0 Å². The number of rotatable bonds is 2. The summed E-state index contributed by atoms with van der Waals surface area (Å²) in [6.45, 7) is 3.29. The Morgan fingerprint density at radius 1 is 1.47 bits per heavy atom. The lowest BCUT2D eigenvalue weighted by atomic mass is 10.1. The van der Waals surface area contributed by atoms with Gasteiger partial charge in [-0.3, -0.25) is 4.79 Å². The molecule has 0 atom stereocenters. The largest absolute Gasteiger partial charge is 0.324 e. The van der Waals surface area contributed by atoms with Gasteiger partial charge in [-0.2, -0.15) is 0 Å². The first-order valence-corrected chi connectivity index (χ1v) is 4.63. The lowest BCUT2D eigenvalue weighted by Gasteiger charge is -2.17. The number of carbonyl (C=O) groups is 1. The standard InChI is InChI=1S/C10H13ClN2O.ClH/c1-10(2,12)9(14)13-8-5-3-4-7(11)6-8;/h3-6H,12H2,1-2H3,(H,13,14);1H. The smallest absolute Gasteiger partial charge is 0.243 e. The highest BCUT2D eigenvalue weighted by molar-refractivity contribution is 6.30. The molecule has 1 rings (SSSR count). The van der Waals surface area contributed by atoms with Gasteiger partial charge in [0.2, 0.25) is 5.91 Å². The molecule has 1 amide bonds. The summed E-state index contributed by atoms with van der Waals surface area (Å²) in [7, 11) is 0. The van der Waals surface area contributed by atoms with E-state index in [-0.39, 0.29) is 18.3 Å². The second-order valence-corrected chi connectivity index (χ2v) is 4.12. The van der Waals surface area contributed by atoms with Crippen LogP contribution in [0.25, 0.3) is 0 Å². The lowest BCUT2D eigenvalue weighted by molar-refractivity contribution is -0.120. The third kappa shape index (κ3) is 4.51. The molecule has 1 aromatic rings. The van der Waals surface area contributed by atoms with Crippen molar-refractivity contribution in [2.45, 2.75) is 19.4 Å². The normalized spacial score (nSPS) is 10.4. The summed E-state index contributed by atoms with van der Waals surface area (Å²) in [5, 5.41) is 3.26. The predicted molar refractivity (Wildman–Crippen MR) is 65.6 cm³/mol. The van der Waals surface area contributed by atoms with Gasteiger partial charge in [-0.1, -0.05) is 17.7 Å². The fourth-order valence-corrected chi connectivity index (χ4v) is 1.05. The molecule has 0 aliphatic heterocycles. The first-order chi connectivity index (χ1) is 6.39. The van der Waals surface area contributed by atoms with E-state index in [1.165, 1.54) is 0 Å². The van der Waals surface area contributed by atoms with Crippen molar-refractivity contribution in [3.63, 3.8) is 0 Å². The second-order valence-electron chi connectivity index (χ2n) is 3.69. The van der Waals surface area contributed by atoms with Gasteiger partial charge in [0.05, 0.1) is 5.54 Å². The molecule has 0 unspecified atom stereocenters. The first kappa shape index (κ1) is 14.2. The molecule has 3 N–H and O–H groups in total. The molecule has 0 bridgehead atoms. The molecule has 0 aliphatic carbocycles. The molecular weight excluding hydrogens is 235 g/mol. The van der Waals surface area contributed by atoms with Crippen LogP contribution in [0.4, 0.5) is 5.69 Å². The zero-order chi connectivity index (χ0) is 10.8. The van der Waals surface area contributed by atoms with E-state index >= 15 is 0 Å². The molecular formula is C10H14Cl2N2O. The van der Waals surface area contributed by atoms with E-state index in [2.05, 4.69) is 5.32 Å². The van der Waals surface area contributed by atoms with E-state index in [9.17, 15) is 4.79 Å². The molecule has 5 heteroatoms. The van der Waals surface area contributed by atoms with Crippen LogP contribution < -0.4 is 11.1 Å². The van der Waals surface area contributed by atoms with Gasteiger partial charge >= 0.3 is 0 Å². The summed E-state index contributed by atoms with van der Waals surface area (Å²) in [4.78, 5) is 11.5. The minimum atomic E-state index is -0.887. The Morgan fingerprint density at radius 2 is 2.07 bits per heavy atom. The number of amides is 1. The van der Waals surface area contributed by atoms with Crippen LogP contribution in [0.1, 0.15) is 13.8 Å². The molecule has 84 valence electrons. The Bertz CT molecular complexity index is 348. The number of carbonyl (C=O) groups excluding carboxylic acids is 1. The average Bonchev–Trinajstić information content (AvgIpc) is 2.02. The topological polar surface area (TPSA) is 55.1 Å². The van der Waals surface area contributed by atoms with Crippen LogP contribution in [0.2, 0.25) is 5.02 Å². The van der Waals surface area contributed by atoms with Gasteiger partial charge in [-0.15, -0.1) is 12.4 Å². The van der Waals surface area contributed by atoms with E-state index in [4.69, 9.17) is 17.3 Å². The highest BCUT2D eigenvalue weighted by Gasteiger charge is 2.21. The Hall–Kier alpha value is -0.770. The number of anilines is 1. The van der Waals surface area contributed by atoms with Crippen LogP contribution in [-0.4, -0.2) is 11.4 Å². The van der Waals surface area contributed by atoms with Crippen molar-refractivity contribution in [1.82, 2.24) is 0 Å². The van der Waals surface area contributed by atoms with Crippen molar-refractivity contribution >= 4 is 35.6 Å². The van der Waals surface area contributed by atoms with Crippen LogP contribution in [-0.2, 0) is 4.79 Å². The van der Waals surface area contributed by atoms with E-state index in [1.54, 1.807) is 38.1 Å².